The molecule has 1 N–H and O–H groups in total. The number of carbonyl (C=O) groups excluding carboxylic acids is 1. The molecule has 0 heterocycles. The second-order valence-corrected chi connectivity index (χ2v) is 6.43. The van der Waals surface area contributed by atoms with Crippen LogP contribution in [0.1, 0.15) is 33.8 Å². The third kappa shape index (κ3) is 2.24. The van der Waals surface area contributed by atoms with Crippen LogP contribution in [0, 0.1) is 0 Å². The maximum atomic E-state index is 12.4. The zero-order valence-electron chi connectivity index (χ0n) is 13.0. The molecule has 0 aliphatic heterocycles. The first-order valence-corrected chi connectivity index (χ1v) is 8.08. The monoisotopic (exact) mass is 338 g/mol. The van der Waals surface area contributed by atoms with E-state index in [4.69, 9.17) is 16.3 Å². The first-order chi connectivity index (χ1) is 11.6. The number of hydrogen-bond acceptors (Lipinski definition) is 3. The summed E-state index contributed by atoms with van der Waals surface area (Å²) in [5, 5.41) is 13.0. The fraction of sp³-hybridized carbons (Fsp3) is 0.150. The van der Waals surface area contributed by atoms with Crippen molar-refractivity contribution in [2.45, 2.75) is 12.3 Å². The van der Waals surface area contributed by atoms with Crippen molar-refractivity contribution >= 4 is 28.2 Å². The SMILES string of the molecule is COc1ccc2c([C@H]3CC(=O)c4ccc(Cl)cc43)c(O)ccc2c1. The molecule has 4 heteroatoms. The van der Waals surface area contributed by atoms with Crippen LogP contribution in [-0.2, 0) is 0 Å². The predicted octanol–water partition coefficient (Wildman–Crippen LogP) is 4.93. The van der Waals surface area contributed by atoms with Gasteiger partial charge in [0.25, 0.3) is 0 Å². The minimum atomic E-state index is -0.191. The molecule has 0 aromatic heterocycles. The van der Waals surface area contributed by atoms with Crippen LogP contribution in [0.15, 0.2) is 48.5 Å². The second kappa shape index (κ2) is 5.53. The third-order valence-electron chi connectivity index (χ3n) is 4.67. The summed E-state index contributed by atoms with van der Waals surface area (Å²) in [6.07, 6.45) is 0.342. The average molecular weight is 339 g/mol. The van der Waals surface area contributed by atoms with Crippen LogP contribution in [0.4, 0.5) is 0 Å². The maximum Gasteiger partial charge on any atom is 0.164 e. The zero-order valence-corrected chi connectivity index (χ0v) is 13.8. The molecule has 1 atom stereocenters. The highest BCUT2D eigenvalue weighted by molar-refractivity contribution is 6.30. The van der Waals surface area contributed by atoms with Crippen LogP contribution in [0.3, 0.4) is 0 Å². The second-order valence-electron chi connectivity index (χ2n) is 6.00. The lowest BCUT2D eigenvalue weighted by atomic mass is 9.88. The molecule has 4 rings (SSSR count). The summed E-state index contributed by atoms with van der Waals surface area (Å²) in [7, 11) is 1.62. The molecule has 1 aliphatic rings. The van der Waals surface area contributed by atoms with E-state index >= 15 is 0 Å². The number of benzene rings is 3. The summed E-state index contributed by atoms with van der Waals surface area (Å²) >= 11 is 6.13. The van der Waals surface area contributed by atoms with Crippen molar-refractivity contribution < 1.29 is 14.6 Å². The van der Waals surface area contributed by atoms with E-state index in [1.807, 2.05) is 30.3 Å². The Balaban J connectivity index is 1.96. The standard InChI is InChI=1S/C20H15ClO3/c1-24-13-4-6-14-11(8-13)2-7-18(22)20(14)17-10-19(23)15-5-3-12(21)9-16(15)17/h2-9,17,22H,10H2,1H3/t17-/m0/s1. The van der Waals surface area contributed by atoms with E-state index in [0.29, 0.717) is 17.0 Å². The molecule has 0 fully saturated rings. The topological polar surface area (TPSA) is 46.5 Å². The molecule has 3 aromatic rings. The Labute approximate surface area is 144 Å². The summed E-state index contributed by atoms with van der Waals surface area (Å²) in [5.41, 5.74) is 2.34. The number of phenols is 1. The van der Waals surface area contributed by atoms with Gasteiger partial charge in [-0.25, -0.2) is 0 Å². The number of carbonyl (C=O) groups is 1. The van der Waals surface area contributed by atoms with Gasteiger partial charge in [-0.05, 0) is 52.7 Å². The average Bonchev–Trinajstić information content (AvgIpc) is 2.90. The van der Waals surface area contributed by atoms with Crippen LogP contribution in [0.25, 0.3) is 10.8 Å². The molecule has 0 radical (unpaired) electrons. The number of phenolic OH excluding ortho intramolecular Hbond substituents is 1. The van der Waals surface area contributed by atoms with Gasteiger partial charge in [-0.1, -0.05) is 23.7 Å². The van der Waals surface area contributed by atoms with E-state index in [2.05, 4.69) is 0 Å². The number of methoxy groups -OCH3 is 1. The van der Waals surface area contributed by atoms with Crippen molar-refractivity contribution in [3.05, 3.63) is 70.2 Å². The molecule has 24 heavy (non-hydrogen) atoms. The Morgan fingerprint density at radius 3 is 2.75 bits per heavy atom. The van der Waals surface area contributed by atoms with E-state index < -0.39 is 0 Å². The molecule has 120 valence electrons. The number of ketones is 1. The highest BCUT2D eigenvalue weighted by Gasteiger charge is 2.33. The zero-order chi connectivity index (χ0) is 16.8. The van der Waals surface area contributed by atoms with E-state index in [1.165, 1.54) is 0 Å². The van der Waals surface area contributed by atoms with E-state index in [0.717, 1.165) is 27.6 Å². The molecular weight excluding hydrogens is 324 g/mol. The van der Waals surface area contributed by atoms with Crippen LogP contribution >= 0.6 is 11.6 Å². The summed E-state index contributed by atoms with van der Waals surface area (Å²) in [4.78, 5) is 12.4. The lowest BCUT2D eigenvalue weighted by molar-refractivity contribution is 0.0991. The predicted molar refractivity (Wildman–Crippen MR) is 94.4 cm³/mol. The fourth-order valence-corrected chi connectivity index (χ4v) is 3.73. The normalized spacial score (nSPS) is 16.4. The van der Waals surface area contributed by atoms with Crippen molar-refractivity contribution in [2.75, 3.05) is 7.11 Å². The third-order valence-corrected chi connectivity index (χ3v) is 4.91. The first-order valence-electron chi connectivity index (χ1n) is 7.70. The minimum Gasteiger partial charge on any atom is -0.508 e. The number of halogens is 1. The van der Waals surface area contributed by atoms with Gasteiger partial charge in [-0.2, -0.15) is 0 Å². The number of aromatic hydroxyl groups is 1. The largest absolute Gasteiger partial charge is 0.508 e. The quantitative estimate of drug-likeness (QED) is 0.721. The van der Waals surface area contributed by atoms with Crippen molar-refractivity contribution in [1.82, 2.24) is 0 Å². The molecule has 0 saturated carbocycles. The minimum absolute atomic E-state index is 0.0802. The van der Waals surface area contributed by atoms with Gasteiger partial charge < -0.3 is 9.84 Å². The Kier molecular flexibility index (Phi) is 3.47. The molecule has 3 aromatic carbocycles. The Morgan fingerprint density at radius 1 is 1.12 bits per heavy atom. The number of hydrogen-bond donors (Lipinski definition) is 1. The molecule has 0 spiro atoms. The first kappa shape index (κ1) is 15.0. The van der Waals surface area contributed by atoms with E-state index in [1.54, 1.807) is 25.3 Å². The molecule has 0 bridgehead atoms. The lowest BCUT2D eigenvalue weighted by Crippen LogP contribution is -1.99. The van der Waals surface area contributed by atoms with Crippen LogP contribution in [-0.4, -0.2) is 18.0 Å². The molecule has 0 saturated heterocycles. The summed E-state index contributed by atoms with van der Waals surface area (Å²) in [6, 6.07) is 14.6. The lowest BCUT2D eigenvalue weighted by Gasteiger charge is -2.17. The number of rotatable bonds is 2. The fourth-order valence-electron chi connectivity index (χ4n) is 3.55. The summed E-state index contributed by atoms with van der Waals surface area (Å²) in [5.74, 6) is 0.836. The van der Waals surface area contributed by atoms with Crippen LogP contribution in [0.2, 0.25) is 5.02 Å². The van der Waals surface area contributed by atoms with Gasteiger partial charge in [-0.15, -0.1) is 0 Å². The van der Waals surface area contributed by atoms with Gasteiger partial charge in [0.2, 0.25) is 0 Å². The highest BCUT2D eigenvalue weighted by Crippen LogP contribution is 2.45. The molecular formula is C20H15ClO3. The van der Waals surface area contributed by atoms with Crippen molar-refractivity contribution in [1.29, 1.82) is 0 Å². The van der Waals surface area contributed by atoms with Crippen molar-refractivity contribution in [2.24, 2.45) is 0 Å². The Hall–Kier alpha value is -2.52. The van der Waals surface area contributed by atoms with Crippen molar-refractivity contribution in [3.63, 3.8) is 0 Å². The van der Waals surface area contributed by atoms with E-state index in [9.17, 15) is 9.90 Å². The van der Waals surface area contributed by atoms with Gasteiger partial charge in [-0.3, -0.25) is 4.79 Å². The summed E-state index contributed by atoms with van der Waals surface area (Å²) < 4.78 is 5.27. The molecule has 1 aliphatic carbocycles. The van der Waals surface area contributed by atoms with Gasteiger partial charge >= 0.3 is 0 Å². The molecule has 3 nitrogen and oxygen atoms in total. The van der Waals surface area contributed by atoms with Crippen LogP contribution < -0.4 is 4.74 Å². The molecule has 0 amide bonds. The van der Waals surface area contributed by atoms with Crippen LogP contribution in [0.5, 0.6) is 11.5 Å². The van der Waals surface area contributed by atoms with Crippen molar-refractivity contribution in [3.8, 4) is 11.5 Å². The van der Waals surface area contributed by atoms with E-state index in [-0.39, 0.29) is 17.5 Å². The smallest absolute Gasteiger partial charge is 0.164 e. The Bertz CT molecular complexity index is 978. The maximum absolute atomic E-state index is 12.4. The van der Waals surface area contributed by atoms with Gasteiger partial charge in [0.1, 0.15) is 11.5 Å². The number of Topliss-reactive ketones (excluding diaryl/α,β-unsaturated/α-hetero) is 1. The van der Waals surface area contributed by atoms with Gasteiger partial charge in [0.05, 0.1) is 7.11 Å². The number of fused-ring (bicyclic) bond motifs is 2. The Morgan fingerprint density at radius 2 is 1.96 bits per heavy atom. The number of ether oxygens (including phenoxy) is 1. The highest BCUT2D eigenvalue weighted by atomic mass is 35.5. The van der Waals surface area contributed by atoms with Gasteiger partial charge in [0.15, 0.2) is 5.78 Å². The molecule has 0 unspecified atom stereocenters. The summed E-state index contributed by atoms with van der Waals surface area (Å²) in [6.45, 7) is 0. The van der Waals surface area contributed by atoms with Gasteiger partial charge in [0, 0.05) is 28.5 Å².